The zero-order valence-corrected chi connectivity index (χ0v) is 11.8. The second kappa shape index (κ2) is 5.68. The standard InChI is InChI=1S/C16H26O/c1-12-7-6-8-14(9-12)11-15(17)10-13(2)16(3,4)5/h6-9,13,15,17H,10-11H2,1-5H3. The van der Waals surface area contributed by atoms with Crippen LogP contribution < -0.4 is 0 Å². The Kier molecular flexibility index (Phi) is 4.76. The molecule has 0 amide bonds. The highest BCUT2D eigenvalue weighted by Gasteiger charge is 2.22. The van der Waals surface area contributed by atoms with E-state index in [2.05, 4.69) is 58.9 Å². The largest absolute Gasteiger partial charge is 0.393 e. The van der Waals surface area contributed by atoms with Crippen molar-refractivity contribution in [3.05, 3.63) is 35.4 Å². The van der Waals surface area contributed by atoms with Crippen LogP contribution in [0.25, 0.3) is 0 Å². The summed E-state index contributed by atoms with van der Waals surface area (Å²) in [5.41, 5.74) is 2.77. The van der Waals surface area contributed by atoms with Gasteiger partial charge in [-0.2, -0.15) is 0 Å². The molecule has 1 aromatic rings. The predicted molar refractivity (Wildman–Crippen MR) is 74.1 cm³/mol. The van der Waals surface area contributed by atoms with Crippen LogP contribution in [0.1, 0.15) is 45.2 Å². The molecule has 1 N–H and O–H groups in total. The lowest BCUT2D eigenvalue weighted by atomic mass is 9.78. The van der Waals surface area contributed by atoms with Crippen molar-refractivity contribution in [2.75, 3.05) is 0 Å². The van der Waals surface area contributed by atoms with Gasteiger partial charge in [-0.25, -0.2) is 0 Å². The molecule has 1 heteroatoms. The molecule has 0 heterocycles. The Hall–Kier alpha value is -0.820. The van der Waals surface area contributed by atoms with E-state index in [1.807, 2.05) is 0 Å². The van der Waals surface area contributed by atoms with Crippen molar-refractivity contribution in [3.8, 4) is 0 Å². The quantitative estimate of drug-likeness (QED) is 0.835. The van der Waals surface area contributed by atoms with Gasteiger partial charge in [-0.3, -0.25) is 0 Å². The third-order valence-corrected chi connectivity index (χ3v) is 3.66. The van der Waals surface area contributed by atoms with Crippen molar-refractivity contribution in [1.29, 1.82) is 0 Å². The van der Waals surface area contributed by atoms with Crippen LogP contribution in [0, 0.1) is 18.3 Å². The third-order valence-electron chi connectivity index (χ3n) is 3.66. The fourth-order valence-corrected chi connectivity index (χ4v) is 1.96. The summed E-state index contributed by atoms with van der Waals surface area (Å²) in [5, 5.41) is 10.1. The SMILES string of the molecule is Cc1cccc(CC(O)CC(C)C(C)(C)C)c1. The fraction of sp³-hybridized carbons (Fsp3) is 0.625. The van der Waals surface area contributed by atoms with Gasteiger partial charge in [0.05, 0.1) is 6.10 Å². The summed E-state index contributed by atoms with van der Waals surface area (Å²) in [6, 6.07) is 8.40. The van der Waals surface area contributed by atoms with Crippen molar-refractivity contribution in [3.63, 3.8) is 0 Å². The van der Waals surface area contributed by atoms with Gasteiger partial charge in [-0.05, 0) is 36.7 Å². The van der Waals surface area contributed by atoms with Gasteiger partial charge in [0.15, 0.2) is 0 Å². The Morgan fingerprint density at radius 3 is 2.41 bits per heavy atom. The first-order valence-corrected chi connectivity index (χ1v) is 6.52. The molecule has 0 radical (unpaired) electrons. The van der Waals surface area contributed by atoms with E-state index < -0.39 is 0 Å². The first-order valence-electron chi connectivity index (χ1n) is 6.52. The van der Waals surface area contributed by atoms with Crippen LogP contribution in [0.3, 0.4) is 0 Å². The van der Waals surface area contributed by atoms with Crippen LogP contribution in [0.15, 0.2) is 24.3 Å². The number of benzene rings is 1. The van der Waals surface area contributed by atoms with Gasteiger partial charge in [0.2, 0.25) is 0 Å². The molecule has 0 aliphatic heterocycles. The summed E-state index contributed by atoms with van der Waals surface area (Å²) in [5.74, 6) is 0.530. The molecule has 0 aliphatic rings. The van der Waals surface area contributed by atoms with Crippen molar-refractivity contribution < 1.29 is 5.11 Å². The topological polar surface area (TPSA) is 20.2 Å². The van der Waals surface area contributed by atoms with Crippen molar-refractivity contribution >= 4 is 0 Å². The molecule has 1 nitrogen and oxygen atoms in total. The number of hydrogen-bond donors (Lipinski definition) is 1. The Bertz CT molecular complexity index is 349. The number of rotatable bonds is 4. The van der Waals surface area contributed by atoms with E-state index in [4.69, 9.17) is 0 Å². The number of aliphatic hydroxyl groups excluding tert-OH is 1. The van der Waals surface area contributed by atoms with E-state index in [0.29, 0.717) is 5.92 Å². The van der Waals surface area contributed by atoms with Gasteiger partial charge in [0.25, 0.3) is 0 Å². The minimum absolute atomic E-state index is 0.231. The minimum Gasteiger partial charge on any atom is -0.393 e. The molecule has 0 aromatic heterocycles. The summed E-state index contributed by atoms with van der Waals surface area (Å²) in [4.78, 5) is 0. The first kappa shape index (κ1) is 14.2. The average Bonchev–Trinajstić information content (AvgIpc) is 2.15. The number of aryl methyl sites for hydroxylation is 1. The maximum atomic E-state index is 10.1. The fourth-order valence-electron chi connectivity index (χ4n) is 1.96. The van der Waals surface area contributed by atoms with Crippen molar-refractivity contribution in [2.24, 2.45) is 11.3 Å². The van der Waals surface area contributed by atoms with E-state index in [-0.39, 0.29) is 11.5 Å². The number of aliphatic hydroxyl groups is 1. The summed E-state index contributed by atoms with van der Waals surface area (Å²) >= 11 is 0. The third kappa shape index (κ3) is 4.91. The summed E-state index contributed by atoms with van der Waals surface area (Å²) in [6.07, 6.45) is 1.41. The molecule has 0 saturated carbocycles. The van der Waals surface area contributed by atoms with Gasteiger partial charge in [0.1, 0.15) is 0 Å². The van der Waals surface area contributed by atoms with Crippen molar-refractivity contribution in [2.45, 2.75) is 53.6 Å². The van der Waals surface area contributed by atoms with Crippen LogP contribution in [0.5, 0.6) is 0 Å². The van der Waals surface area contributed by atoms with Crippen LogP contribution in [-0.4, -0.2) is 11.2 Å². The molecule has 0 bridgehead atoms. The Balaban J connectivity index is 2.53. The zero-order chi connectivity index (χ0) is 13.1. The molecule has 0 fully saturated rings. The van der Waals surface area contributed by atoms with Gasteiger partial charge in [-0.15, -0.1) is 0 Å². The maximum Gasteiger partial charge on any atom is 0.0583 e. The van der Waals surface area contributed by atoms with Crippen LogP contribution in [0.2, 0.25) is 0 Å². The molecule has 0 aliphatic carbocycles. The number of hydrogen-bond acceptors (Lipinski definition) is 1. The van der Waals surface area contributed by atoms with Crippen LogP contribution >= 0.6 is 0 Å². The highest BCUT2D eigenvalue weighted by Crippen LogP contribution is 2.29. The zero-order valence-electron chi connectivity index (χ0n) is 11.8. The molecule has 2 atom stereocenters. The highest BCUT2D eigenvalue weighted by atomic mass is 16.3. The van der Waals surface area contributed by atoms with E-state index in [1.54, 1.807) is 0 Å². The lowest BCUT2D eigenvalue weighted by Gasteiger charge is -2.29. The van der Waals surface area contributed by atoms with Gasteiger partial charge in [0, 0.05) is 0 Å². The molecule has 17 heavy (non-hydrogen) atoms. The molecule has 1 aromatic carbocycles. The van der Waals surface area contributed by atoms with Crippen LogP contribution in [0.4, 0.5) is 0 Å². The molecule has 0 saturated heterocycles. The van der Waals surface area contributed by atoms with E-state index in [0.717, 1.165) is 12.8 Å². The Morgan fingerprint density at radius 1 is 1.24 bits per heavy atom. The smallest absolute Gasteiger partial charge is 0.0583 e. The first-order chi connectivity index (χ1) is 7.79. The predicted octanol–water partition coefficient (Wildman–Crippen LogP) is 3.97. The Labute approximate surface area is 106 Å². The monoisotopic (exact) mass is 234 g/mol. The van der Waals surface area contributed by atoms with Crippen molar-refractivity contribution in [1.82, 2.24) is 0 Å². The summed E-state index contributed by atoms with van der Waals surface area (Å²) < 4.78 is 0. The molecule has 2 unspecified atom stereocenters. The van der Waals surface area contributed by atoms with E-state index in [1.165, 1.54) is 11.1 Å². The molecule has 0 spiro atoms. The second-order valence-corrected chi connectivity index (χ2v) is 6.35. The van der Waals surface area contributed by atoms with Gasteiger partial charge >= 0.3 is 0 Å². The molecule has 1 rings (SSSR count). The Morgan fingerprint density at radius 2 is 1.88 bits per heavy atom. The second-order valence-electron chi connectivity index (χ2n) is 6.35. The average molecular weight is 234 g/mol. The molecule has 96 valence electrons. The van der Waals surface area contributed by atoms with Gasteiger partial charge < -0.3 is 5.11 Å². The lowest BCUT2D eigenvalue weighted by Crippen LogP contribution is -2.24. The normalized spacial score (nSPS) is 15.6. The molecular weight excluding hydrogens is 208 g/mol. The lowest BCUT2D eigenvalue weighted by molar-refractivity contribution is 0.110. The van der Waals surface area contributed by atoms with E-state index >= 15 is 0 Å². The summed E-state index contributed by atoms with van der Waals surface area (Å²) in [7, 11) is 0. The van der Waals surface area contributed by atoms with Gasteiger partial charge in [-0.1, -0.05) is 57.5 Å². The molecular formula is C16H26O. The van der Waals surface area contributed by atoms with Crippen LogP contribution in [-0.2, 0) is 6.42 Å². The maximum absolute atomic E-state index is 10.1. The van der Waals surface area contributed by atoms with E-state index in [9.17, 15) is 5.11 Å². The highest BCUT2D eigenvalue weighted by molar-refractivity contribution is 5.22. The minimum atomic E-state index is -0.231. The summed E-state index contributed by atoms with van der Waals surface area (Å²) in [6.45, 7) is 11.0.